The molecule has 4 heteroatoms. The third-order valence-electron chi connectivity index (χ3n) is 4.38. The van der Waals surface area contributed by atoms with Crippen molar-refractivity contribution in [2.75, 3.05) is 6.26 Å². The number of hydrogen-bond acceptors (Lipinski definition) is 3. The van der Waals surface area contributed by atoms with Crippen LogP contribution in [-0.4, -0.2) is 22.0 Å². The Morgan fingerprint density at radius 1 is 1.00 bits per heavy atom. The summed E-state index contributed by atoms with van der Waals surface area (Å²) in [6, 6.07) is 23.5. The molecule has 0 saturated heterocycles. The molecule has 1 unspecified atom stereocenters. The van der Waals surface area contributed by atoms with Crippen molar-refractivity contribution in [3.05, 3.63) is 95.8 Å². The monoisotopic (exact) mass is 362 g/mol. The van der Waals surface area contributed by atoms with Crippen LogP contribution in [0.5, 0.6) is 0 Å². The summed E-state index contributed by atoms with van der Waals surface area (Å²) >= 11 is 1.67. The van der Waals surface area contributed by atoms with Gasteiger partial charge in [-0.15, -0.1) is 11.8 Å². The van der Waals surface area contributed by atoms with E-state index in [4.69, 9.17) is 0 Å². The number of hydrogen-bond donors (Lipinski definition) is 0. The van der Waals surface area contributed by atoms with Crippen molar-refractivity contribution in [2.24, 2.45) is 0 Å². The second-order valence-corrected chi connectivity index (χ2v) is 6.96. The summed E-state index contributed by atoms with van der Waals surface area (Å²) in [5.41, 5.74) is 2.68. The summed E-state index contributed by atoms with van der Waals surface area (Å²) in [7, 11) is 0. The lowest BCUT2D eigenvalue weighted by molar-refractivity contribution is 0.0670. The van der Waals surface area contributed by atoms with Crippen molar-refractivity contribution in [3.63, 3.8) is 0 Å². The first kappa shape index (κ1) is 18.2. The van der Waals surface area contributed by atoms with Gasteiger partial charge in [0, 0.05) is 23.2 Å². The molecular formula is C22H22N2OS. The topological polar surface area (TPSA) is 33.2 Å². The van der Waals surface area contributed by atoms with Gasteiger partial charge in [0.1, 0.15) is 0 Å². The van der Waals surface area contributed by atoms with Crippen LogP contribution in [0, 0.1) is 0 Å². The van der Waals surface area contributed by atoms with Gasteiger partial charge < -0.3 is 4.90 Å². The maximum atomic E-state index is 13.3. The molecule has 0 bridgehead atoms. The number of benzene rings is 2. The summed E-state index contributed by atoms with van der Waals surface area (Å²) < 4.78 is 0. The largest absolute Gasteiger partial charge is 0.326 e. The van der Waals surface area contributed by atoms with E-state index in [0.29, 0.717) is 12.1 Å². The van der Waals surface area contributed by atoms with Crippen molar-refractivity contribution in [3.8, 4) is 0 Å². The van der Waals surface area contributed by atoms with Gasteiger partial charge in [-0.3, -0.25) is 9.78 Å². The first-order valence-corrected chi connectivity index (χ1v) is 9.81. The number of amides is 1. The smallest absolute Gasteiger partial charge is 0.254 e. The molecule has 0 aliphatic carbocycles. The molecule has 0 fully saturated rings. The molecule has 3 rings (SSSR count). The fourth-order valence-corrected chi connectivity index (χ4v) is 3.26. The second kappa shape index (κ2) is 8.68. The highest BCUT2D eigenvalue weighted by molar-refractivity contribution is 7.98. The van der Waals surface area contributed by atoms with Gasteiger partial charge in [0.2, 0.25) is 0 Å². The summed E-state index contributed by atoms with van der Waals surface area (Å²) in [5.74, 6) is 0.0136. The highest BCUT2D eigenvalue weighted by Gasteiger charge is 2.23. The molecular weight excluding hydrogens is 340 g/mol. The molecule has 1 amide bonds. The van der Waals surface area contributed by atoms with Crippen LogP contribution in [0.15, 0.2) is 83.9 Å². The molecule has 0 saturated carbocycles. The normalized spacial score (nSPS) is 11.8. The number of pyridine rings is 1. The molecule has 26 heavy (non-hydrogen) atoms. The number of thioether (sulfide) groups is 1. The Kier molecular flexibility index (Phi) is 6.08. The number of rotatable bonds is 6. The Labute approximate surface area is 159 Å². The van der Waals surface area contributed by atoms with Crippen molar-refractivity contribution in [1.29, 1.82) is 0 Å². The molecule has 0 aliphatic rings. The average Bonchev–Trinajstić information content (AvgIpc) is 2.72. The van der Waals surface area contributed by atoms with Crippen LogP contribution >= 0.6 is 11.8 Å². The molecule has 3 nitrogen and oxygen atoms in total. The van der Waals surface area contributed by atoms with E-state index in [1.54, 1.807) is 18.0 Å². The fourth-order valence-electron chi connectivity index (χ4n) is 2.85. The summed E-state index contributed by atoms with van der Waals surface area (Å²) in [4.78, 5) is 20.7. The molecule has 0 spiro atoms. The van der Waals surface area contributed by atoms with Gasteiger partial charge in [0.25, 0.3) is 5.91 Å². The lowest BCUT2D eigenvalue weighted by atomic mass is 10.1. The SMILES string of the molecule is CSc1ccc(C(=O)N(Cc2ccccc2)C(C)c2ccccn2)cc1. The fraction of sp³-hybridized carbons (Fsp3) is 0.182. The zero-order chi connectivity index (χ0) is 18.4. The van der Waals surface area contributed by atoms with E-state index < -0.39 is 0 Å². The Bertz CT molecular complexity index is 835. The van der Waals surface area contributed by atoms with Crippen molar-refractivity contribution in [2.45, 2.75) is 24.4 Å². The van der Waals surface area contributed by atoms with Gasteiger partial charge in [-0.25, -0.2) is 0 Å². The van der Waals surface area contributed by atoms with Crippen LogP contribution in [0.4, 0.5) is 0 Å². The first-order chi connectivity index (χ1) is 12.7. The molecule has 1 atom stereocenters. The van der Waals surface area contributed by atoms with E-state index in [1.807, 2.05) is 90.9 Å². The quantitative estimate of drug-likeness (QED) is 0.565. The van der Waals surface area contributed by atoms with E-state index in [2.05, 4.69) is 4.98 Å². The van der Waals surface area contributed by atoms with E-state index in [1.165, 1.54) is 0 Å². The predicted molar refractivity (Wildman–Crippen MR) is 107 cm³/mol. The van der Waals surface area contributed by atoms with Gasteiger partial charge >= 0.3 is 0 Å². The molecule has 0 N–H and O–H groups in total. The minimum atomic E-state index is -0.121. The first-order valence-electron chi connectivity index (χ1n) is 8.59. The number of aromatic nitrogens is 1. The standard InChI is InChI=1S/C22H22N2OS/c1-17(21-10-6-7-15-23-21)24(16-18-8-4-3-5-9-18)22(25)19-11-13-20(26-2)14-12-19/h3-15,17H,16H2,1-2H3. The van der Waals surface area contributed by atoms with Crippen LogP contribution in [0.1, 0.15) is 34.6 Å². The van der Waals surface area contributed by atoms with Crippen molar-refractivity contribution < 1.29 is 4.79 Å². The van der Waals surface area contributed by atoms with E-state index in [-0.39, 0.29) is 11.9 Å². The third-order valence-corrected chi connectivity index (χ3v) is 5.12. The highest BCUT2D eigenvalue weighted by atomic mass is 32.2. The van der Waals surface area contributed by atoms with Gasteiger partial charge in [0.05, 0.1) is 11.7 Å². The predicted octanol–water partition coefficient (Wildman–Crippen LogP) is 5.21. The van der Waals surface area contributed by atoms with Crippen molar-refractivity contribution in [1.82, 2.24) is 9.88 Å². The molecule has 132 valence electrons. The maximum Gasteiger partial charge on any atom is 0.254 e. The van der Waals surface area contributed by atoms with Gasteiger partial charge in [-0.1, -0.05) is 36.4 Å². The lowest BCUT2D eigenvalue weighted by Crippen LogP contribution is -2.33. The van der Waals surface area contributed by atoms with Gasteiger partial charge in [-0.2, -0.15) is 0 Å². The van der Waals surface area contributed by atoms with Crippen LogP contribution in [0.3, 0.4) is 0 Å². The number of carbonyl (C=O) groups is 1. The Morgan fingerprint density at radius 2 is 1.69 bits per heavy atom. The van der Waals surface area contributed by atoms with Crippen molar-refractivity contribution >= 4 is 17.7 Å². The summed E-state index contributed by atoms with van der Waals surface area (Å²) in [5, 5.41) is 0. The van der Waals surface area contributed by atoms with Crippen LogP contribution in [0.25, 0.3) is 0 Å². The Morgan fingerprint density at radius 3 is 2.31 bits per heavy atom. The molecule has 0 aliphatic heterocycles. The highest BCUT2D eigenvalue weighted by Crippen LogP contribution is 2.24. The Hall–Kier alpha value is -2.59. The number of nitrogens with zero attached hydrogens (tertiary/aromatic N) is 2. The summed E-state index contributed by atoms with van der Waals surface area (Å²) in [6.07, 6.45) is 3.80. The van der Waals surface area contributed by atoms with E-state index in [9.17, 15) is 4.79 Å². The zero-order valence-corrected chi connectivity index (χ0v) is 15.8. The molecule has 3 aromatic rings. The number of carbonyl (C=O) groups excluding carboxylic acids is 1. The van der Waals surface area contributed by atoms with E-state index in [0.717, 1.165) is 16.2 Å². The molecule has 2 aromatic carbocycles. The summed E-state index contributed by atoms with van der Waals surface area (Å²) in [6.45, 7) is 2.57. The minimum Gasteiger partial charge on any atom is -0.326 e. The Balaban J connectivity index is 1.92. The van der Waals surface area contributed by atoms with Crippen LogP contribution in [0.2, 0.25) is 0 Å². The van der Waals surface area contributed by atoms with Crippen LogP contribution < -0.4 is 0 Å². The van der Waals surface area contributed by atoms with Gasteiger partial charge in [0.15, 0.2) is 0 Å². The van der Waals surface area contributed by atoms with Crippen LogP contribution in [-0.2, 0) is 6.54 Å². The third kappa shape index (κ3) is 4.33. The van der Waals surface area contributed by atoms with Gasteiger partial charge in [-0.05, 0) is 55.1 Å². The second-order valence-electron chi connectivity index (χ2n) is 6.08. The van der Waals surface area contributed by atoms with E-state index >= 15 is 0 Å². The maximum absolute atomic E-state index is 13.3. The lowest BCUT2D eigenvalue weighted by Gasteiger charge is -2.29. The molecule has 1 aromatic heterocycles. The molecule has 0 radical (unpaired) electrons. The zero-order valence-electron chi connectivity index (χ0n) is 15.0. The minimum absolute atomic E-state index is 0.0136. The average molecular weight is 362 g/mol. The molecule has 1 heterocycles.